The molecule has 3 atom stereocenters. The topological polar surface area (TPSA) is 117 Å². The Morgan fingerprint density at radius 3 is 2.37 bits per heavy atom. The molecule has 0 spiro atoms. The Kier molecular flexibility index (Phi) is 5.00. The van der Waals surface area contributed by atoms with Crippen molar-refractivity contribution in [1.82, 2.24) is 9.88 Å². The maximum Gasteiger partial charge on any atom is 0.320 e. The Bertz CT molecular complexity index is 768. The van der Waals surface area contributed by atoms with Crippen LogP contribution < -0.4 is 10.6 Å². The molecule has 2 heterocycles. The number of fused-ring (bicyclic) bond motifs is 1. The number of anilines is 1. The number of aliphatic carboxylic acids is 1. The molecule has 0 aromatic carbocycles. The Labute approximate surface area is 163 Å². The number of nitrogens with two attached hydrogens (primary N) is 1. The van der Waals surface area contributed by atoms with E-state index in [2.05, 4.69) is 14.8 Å². The number of carboxylic acid groups (broad SMARTS) is 1. The fourth-order valence-corrected chi connectivity index (χ4v) is 4.94. The summed E-state index contributed by atoms with van der Waals surface area (Å²) in [5, 5.41) is 9.69. The number of aromatic nitrogens is 1. The SMILES string of the molecule is Cl.N[C@@]12C(=O)C(=O)[C@@]1(C(=O)O)CCCC2N1CCN(c2ccncc2)CC1. The van der Waals surface area contributed by atoms with Gasteiger partial charge in [0, 0.05) is 50.3 Å². The lowest BCUT2D eigenvalue weighted by molar-refractivity contribution is -0.187. The molecule has 4 rings (SSSR count). The molecule has 0 bridgehead atoms. The highest BCUT2D eigenvalue weighted by atomic mass is 35.5. The summed E-state index contributed by atoms with van der Waals surface area (Å²) in [6, 6.07) is 3.49. The summed E-state index contributed by atoms with van der Waals surface area (Å²) in [6.45, 7) is 2.84. The van der Waals surface area contributed by atoms with Gasteiger partial charge in [-0.05, 0) is 25.0 Å². The van der Waals surface area contributed by atoms with Crippen molar-refractivity contribution in [3.05, 3.63) is 24.5 Å². The average molecular weight is 395 g/mol. The van der Waals surface area contributed by atoms with Crippen molar-refractivity contribution in [2.75, 3.05) is 31.1 Å². The van der Waals surface area contributed by atoms with Gasteiger partial charge in [-0.25, -0.2) is 0 Å². The van der Waals surface area contributed by atoms with Crippen LogP contribution in [-0.4, -0.2) is 70.3 Å². The second-order valence-corrected chi connectivity index (χ2v) is 7.37. The number of nitrogens with zero attached hydrogens (tertiary/aromatic N) is 3. The summed E-state index contributed by atoms with van der Waals surface area (Å²) in [6.07, 6.45) is 4.87. The smallest absolute Gasteiger partial charge is 0.320 e. The lowest BCUT2D eigenvalue weighted by Crippen LogP contribution is -2.87. The minimum Gasteiger partial charge on any atom is -0.480 e. The summed E-state index contributed by atoms with van der Waals surface area (Å²) in [5.41, 5.74) is 4.12. The monoisotopic (exact) mass is 394 g/mol. The van der Waals surface area contributed by atoms with Crippen LogP contribution >= 0.6 is 12.4 Å². The average Bonchev–Trinajstić information content (AvgIpc) is 2.68. The number of carboxylic acids is 1. The van der Waals surface area contributed by atoms with Gasteiger partial charge in [0.15, 0.2) is 5.41 Å². The molecule has 3 aliphatic rings. The van der Waals surface area contributed by atoms with E-state index in [1.807, 2.05) is 12.1 Å². The normalized spacial score (nSPS) is 33.7. The van der Waals surface area contributed by atoms with Crippen LogP contribution in [0.4, 0.5) is 5.69 Å². The molecular formula is C18H23ClN4O4. The largest absolute Gasteiger partial charge is 0.480 e. The van der Waals surface area contributed by atoms with Gasteiger partial charge in [0.2, 0.25) is 11.6 Å². The van der Waals surface area contributed by atoms with Crippen LogP contribution in [0.1, 0.15) is 19.3 Å². The van der Waals surface area contributed by atoms with Crippen molar-refractivity contribution in [3.63, 3.8) is 0 Å². The third-order valence-electron chi connectivity index (χ3n) is 6.38. The molecule has 2 aliphatic carbocycles. The minimum absolute atomic E-state index is 0. The lowest BCUT2D eigenvalue weighted by atomic mass is 9.45. The zero-order valence-electron chi connectivity index (χ0n) is 14.8. The van der Waals surface area contributed by atoms with Gasteiger partial charge in [-0.2, -0.15) is 0 Å². The number of pyridine rings is 1. The van der Waals surface area contributed by atoms with Gasteiger partial charge in [-0.1, -0.05) is 6.42 Å². The van der Waals surface area contributed by atoms with Gasteiger partial charge in [0.25, 0.3) is 0 Å². The van der Waals surface area contributed by atoms with Crippen molar-refractivity contribution < 1.29 is 19.5 Å². The molecule has 27 heavy (non-hydrogen) atoms. The molecule has 1 unspecified atom stereocenters. The molecule has 1 saturated heterocycles. The molecule has 0 radical (unpaired) electrons. The van der Waals surface area contributed by atoms with Crippen molar-refractivity contribution in [2.45, 2.75) is 30.8 Å². The molecule has 1 aromatic heterocycles. The highest BCUT2D eigenvalue weighted by molar-refractivity contribution is 6.55. The summed E-state index contributed by atoms with van der Waals surface area (Å²) in [4.78, 5) is 44.8. The lowest BCUT2D eigenvalue weighted by Gasteiger charge is -2.60. The van der Waals surface area contributed by atoms with Gasteiger partial charge >= 0.3 is 5.97 Å². The van der Waals surface area contributed by atoms with Crippen molar-refractivity contribution in [3.8, 4) is 0 Å². The molecular weight excluding hydrogens is 372 g/mol. The molecule has 8 nitrogen and oxygen atoms in total. The van der Waals surface area contributed by atoms with Gasteiger partial charge < -0.3 is 15.7 Å². The van der Waals surface area contributed by atoms with E-state index < -0.39 is 34.5 Å². The van der Waals surface area contributed by atoms with Crippen molar-refractivity contribution >= 4 is 35.6 Å². The van der Waals surface area contributed by atoms with Crippen LogP contribution in [0.2, 0.25) is 0 Å². The zero-order valence-corrected chi connectivity index (χ0v) is 15.7. The third-order valence-corrected chi connectivity index (χ3v) is 6.38. The summed E-state index contributed by atoms with van der Waals surface area (Å²) < 4.78 is 0. The first-order valence-electron chi connectivity index (χ1n) is 8.93. The molecule has 2 saturated carbocycles. The summed E-state index contributed by atoms with van der Waals surface area (Å²) in [5.74, 6) is -2.81. The van der Waals surface area contributed by atoms with E-state index in [1.54, 1.807) is 12.4 Å². The van der Waals surface area contributed by atoms with Crippen LogP contribution in [0, 0.1) is 5.41 Å². The van der Waals surface area contributed by atoms with Crippen LogP contribution in [-0.2, 0) is 14.4 Å². The highest BCUT2D eigenvalue weighted by Gasteiger charge is 2.79. The molecule has 9 heteroatoms. The van der Waals surface area contributed by atoms with E-state index in [-0.39, 0.29) is 18.8 Å². The van der Waals surface area contributed by atoms with Crippen LogP contribution in [0.5, 0.6) is 0 Å². The predicted octanol–water partition coefficient (Wildman–Crippen LogP) is 0.0982. The van der Waals surface area contributed by atoms with Gasteiger partial charge in [0.05, 0.1) is 0 Å². The number of rotatable bonds is 3. The first-order valence-corrected chi connectivity index (χ1v) is 8.93. The number of Topliss-reactive ketones (excluding diaryl/α,β-unsaturated/α-hetero) is 2. The molecule has 3 N–H and O–H groups in total. The number of halogens is 1. The predicted molar refractivity (Wildman–Crippen MR) is 99.9 cm³/mol. The number of carbonyl (C=O) groups excluding carboxylic acids is 2. The molecule has 146 valence electrons. The first kappa shape index (κ1) is 19.7. The van der Waals surface area contributed by atoms with E-state index in [1.165, 1.54) is 0 Å². The number of hydrogen-bond donors (Lipinski definition) is 2. The highest BCUT2D eigenvalue weighted by Crippen LogP contribution is 2.54. The standard InChI is InChI=1S/C18H22N4O4.ClH/c19-18-13(2-1-5-17(18,16(25)26)14(23)15(18)24)22-10-8-21(9-11-22)12-3-6-20-7-4-12;/h3-4,6-7,13H,1-2,5,8-11,19H2,(H,25,26);1H/t13?,17-,18+;/m1./s1. The quantitative estimate of drug-likeness (QED) is 0.547. The Hall–Kier alpha value is -2.03. The first-order chi connectivity index (χ1) is 12.4. The van der Waals surface area contributed by atoms with Gasteiger partial charge in [-0.15, -0.1) is 12.4 Å². The number of hydrogen-bond acceptors (Lipinski definition) is 7. The second-order valence-electron chi connectivity index (χ2n) is 7.37. The summed E-state index contributed by atoms with van der Waals surface area (Å²) in [7, 11) is 0. The molecule has 0 amide bonds. The van der Waals surface area contributed by atoms with Crippen LogP contribution in [0.15, 0.2) is 24.5 Å². The maximum absolute atomic E-state index is 12.4. The third kappa shape index (κ3) is 2.50. The Balaban J connectivity index is 0.00000210. The van der Waals surface area contributed by atoms with Gasteiger partial charge in [-0.3, -0.25) is 24.3 Å². The van der Waals surface area contributed by atoms with Crippen LogP contribution in [0.25, 0.3) is 0 Å². The van der Waals surface area contributed by atoms with E-state index >= 15 is 0 Å². The van der Waals surface area contributed by atoms with E-state index in [0.717, 1.165) is 18.8 Å². The molecule has 3 fully saturated rings. The van der Waals surface area contributed by atoms with E-state index in [9.17, 15) is 19.5 Å². The Morgan fingerprint density at radius 2 is 1.78 bits per heavy atom. The second kappa shape index (κ2) is 6.85. The van der Waals surface area contributed by atoms with Crippen molar-refractivity contribution in [2.24, 2.45) is 11.1 Å². The molecule has 1 aromatic rings. The van der Waals surface area contributed by atoms with Crippen molar-refractivity contribution in [1.29, 1.82) is 0 Å². The maximum atomic E-state index is 12.4. The number of ketones is 2. The van der Waals surface area contributed by atoms with E-state index in [0.29, 0.717) is 25.9 Å². The minimum atomic E-state index is -1.74. The van der Waals surface area contributed by atoms with Gasteiger partial charge in [0.1, 0.15) is 5.54 Å². The Morgan fingerprint density at radius 1 is 1.15 bits per heavy atom. The van der Waals surface area contributed by atoms with Crippen LogP contribution in [0.3, 0.4) is 0 Å². The number of carbonyl (C=O) groups is 3. The number of piperazine rings is 1. The molecule has 1 aliphatic heterocycles. The van der Waals surface area contributed by atoms with E-state index in [4.69, 9.17) is 5.73 Å². The fraction of sp³-hybridized carbons (Fsp3) is 0.556. The summed E-state index contributed by atoms with van der Waals surface area (Å²) >= 11 is 0. The fourth-order valence-electron chi connectivity index (χ4n) is 4.94. The zero-order chi connectivity index (χ0) is 18.5.